The van der Waals surface area contributed by atoms with E-state index in [1.54, 1.807) is 42.5 Å². The summed E-state index contributed by atoms with van der Waals surface area (Å²) in [7, 11) is 0. The molecule has 0 heterocycles. The van der Waals surface area contributed by atoms with Crippen molar-refractivity contribution in [3.8, 4) is 0 Å². The molecule has 0 fully saturated rings. The first-order valence-corrected chi connectivity index (χ1v) is 8.00. The van der Waals surface area contributed by atoms with Gasteiger partial charge in [0.2, 0.25) is 5.91 Å². The van der Waals surface area contributed by atoms with Crippen molar-refractivity contribution < 1.29 is 24.2 Å². The van der Waals surface area contributed by atoms with Crippen LogP contribution in [0, 0.1) is 0 Å². The number of hydrogen-bond acceptors (Lipinski definition) is 5. The van der Waals surface area contributed by atoms with Crippen LogP contribution in [0.2, 0.25) is 0 Å². The summed E-state index contributed by atoms with van der Waals surface area (Å²) in [5.41, 5.74) is 1.37. The summed E-state index contributed by atoms with van der Waals surface area (Å²) < 4.78 is 5.06. The van der Waals surface area contributed by atoms with E-state index in [-0.39, 0.29) is 13.0 Å². The second-order valence-corrected chi connectivity index (χ2v) is 5.65. The number of amides is 1. The molecule has 2 aromatic carbocycles. The van der Waals surface area contributed by atoms with Crippen LogP contribution in [0.15, 0.2) is 60.7 Å². The van der Waals surface area contributed by atoms with Crippen LogP contribution in [0.5, 0.6) is 0 Å². The molecule has 0 bridgehead atoms. The Kier molecular flexibility index (Phi) is 6.87. The van der Waals surface area contributed by atoms with Crippen molar-refractivity contribution in [3.63, 3.8) is 0 Å². The fourth-order valence-electron chi connectivity index (χ4n) is 2.40. The van der Waals surface area contributed by atoms with Crippen molar-refractivity contribution in [3.05, 3.63) is 71.8 Å². The number of carboxylic acids is 1. The number of ether oxygens (including phenoxy) is 1. The van der Waals surface area contributed by atoms with Gasteiger partial charge in [-0.1, -0.05) is 60.7 Å². The first kappa shape index (κ1) is 19.1. The molecule has 0 aromatic heterocycles. The van der Waals surface area contributed by atoms with Crippen LogP contribution in [0.1, 0.15) is 30.0 Å². The summed E-state index contributed by atoms with van der Waals surface area (Å²) in [6.45, 7) is 0.0504. The zero-order valence-corrected chi connectivity index (χ0v) is 14.1. The normalized spacial score (nSPS) is 11.4. The maximum absolute atomic E-state index is 12.3. The number of aliphatic carboxylic acids is 1. The highest BCUT2D eigenvalue weighted by molar-refractivity contribution is 5.94. The Morgan fingerprint density at radius 3 is 2.15 bits per heavy atom. The lowest BCUT2D eigenvalue weighted by Crippen LogP contribution is -2.42. The van der Waals surface area contributed by atoms with Crippen molar-refractivity contribution in [1.82, 2.24) is 5.01 Å². The SMILES string of the molecule is NN(C(=O)CC(=O)OCc1ccccc1)C(CC(=O)O)c1ccccc1. The van der Waals surface area contributed by atoms with E-state index in [0.29, 0.717) is 5.56 Å². The van der Waals surface area contributed by atoms with Gasteiger partial charge < -0.3 is 9.84 Å². The summed E-state index contributed by atoms with van der Waals surface area (Å²) in [5, 5.41) is 9.87. The van der Waals surface area contributed by atoms with Gasteiger partial charge >= 0.3 is 11.9 Å². The average Bonchev–Trinajstić information content (AvgIpc) is 2.65. The number of nitrogens with zero attached hydrogens (tertiary/aromatic N) is 1. The molecule has 2 aromatic rings. The number of benzene rings is 2. The summed E-state index contributed by atoms with van der Waals surface area (Å²) in [4.78, 5) is 35.2. The average molecular weight is 356 g/mol. The van der Waals surface area contributed by atoms with Gasteiger partial charge in [-0.05, 0) is 11.1 Å². The van der Waals surface area contributed by atoms with Gasteiger partial charge in [-0.15, -0.1) is 0 Å². The van der Waals surface area contributed by atoms with Crippen molar-refractivity contribution in [2.24, 2.45) is 5.84 Å². The quantitative estimate of drug-likeness (QED) is 0.246. The first-order chi connectivity index (χ1) is 12.5. The molecule has 1 atom stereocenters. The molecule has 0 aliphatic heterocycles. The van der Waals surface area contributed by atoms with Crippen LogP contribution < -0.4 is 5.84 Å². The maximum atomic E-state index is 12.3. The summed E-state index contributed by atoms with van der Waals surface area (Å²) in [5.74, 6) is 3.27. The highest BCUT2D eigenvalue weighted by atomic mass is 16.5. The molecule has 7 heteroatoms. The largest absolute Gasteiger partial charge is 0.481 e. The van der Waals surface area contributed by atoms with Crippen LogP contribution in [-0.2, 0) is 25.7 Å². The second kappa shape index (κ2) is 9.33. The van der Waals surface area contributed by atoms with Crippen molar-refractivity contribution in [2.75, 3.05) is 0 Å². The number of carbonyl (C=O) groups excluding carboxylic acids is 2. The monoisotopic (exact) mass is 356 g/mol. The van der Waals surface area contributed by atoms with Gasteiger partial charge in [0, 0.05) is 0 Å². The molecular formula is C19H20N2O5. The van der Waals surface area contributed by atoms with Crippen molar-refractivity contribution in [2.45, 2.75) is 25.5 Å². The predicted molar refractivity (Wildman–Crippen MR) is 93.3 cm³/mol. The van der Waals surface area contributed by atoms with Gasteiger partial charge in [-0.3, -0.25) is 19.4 Å². The Labute approximate surface area is 151 Å². The number of rotatable bonds is 8. The summed E-state index contributed by atoms with van der Waals surface area (Å²) in [6, 6.07) is 16.7. The molecule has 136 valence electrons. The van der Waals surface area contributed by atoms with Crippen LogP contribution in [0.4, 0.5) is 0 Å². The van der Waals surface area contributed by atoms with E-state index in [1.165, 1.54) is 0 Å². The fraction of sp³-hybridized carbons (Fsp3) is 0.211. The van der Waals surface area contributed by atoms with E-state index in [0.717, 1.165) is 10.6 Å². The number of carboxylic acid groups (broad SMARTS) is 1. The minimum atomic E-state index is -1.10. The Morgan fingerprint density at radius 2 is 1.58 bits per heavy atom. The topological polar surface area (TPSA) is 110 Å². The van der Waals surface area contributed by atoms with Crippen LogP contribution in [-0.4, -0.2) is 28.0 Å². The standard InChI is InChI=1S/C19H20N2O5/c20-21(16(11-18(23)24)15-9-5-2-6-10-15)17(22)12-19(25)26-13-14-7-3-1-4-8-14/h1-10,16H,11-13,20H2,(H,23,24). The summed E-state index contributed by atoms with van der Waals surface area (Å²) in [6.07, 6.45) is -0.933. The lowest BCUT2D eigenvalue weighted by Gasteiger charge is -2.26. The molecule has 0 saturated heterocycles. The highest BCUT2D eigenvalue weighted by Gasteiger charge is 2.26. The van der Waals surface area contributed by atoms with E-state index in [4.69, 9.17) is 15.7 Å². The van der Waals surface area contributed by atoms with E-state index >= 15 is 0 Å². The molecule has 3 N–H and O–H groups in total. The van der Waals surface area contributed by atoms with E-state index in [1.807, 2.05) is 18.2 Å². The van der Waals surface area contributed by atoms with Crippen LogP contribution in [0.25, 0.3) is 0 Å². The van der Waals surface area contributed by atoms with E-state index in [9.17, 15) is 14.4 Å². The van der Waals surface area contributed by atoms with E-state index < -0.39 is 30.3 Å². The molecule has 0 spiro atoms. The molecular weight excluding hydrogens is 336 g/mol. The number of carbonyl (C=O) groups is 3. The van der Waals surface area contributed by atoms with E-state index in [2.05, 4.69) is 0 Å². The van der Waals surface area contributed by atoms with Crippen molar-refractivity contribution in [1.29, 1.82) is 0 Å². The Balaban J connectivity index is 1.97. The molecule has 0 radical (unpaired) electrons. The third-order valence-corrected chi connectivity index (χ3v) is 3.71. The lowest BCUT2D eigenvalue weighted by atomic mass is 10.0. The van der Waals surface area contributed by atoms with Gasteiger partial charge in [-0.25, -0.2) is 5.84 Å². The number of esters is 1. The summed E-state index contributed by atoms with van der Waals surface area (Å²) >= 11 is 0. The van der Waals surface area contributed by atoms with Gasteiger partial charge in [0.15, 0.2) is 0 Å². The molecule has 0 aliphatic carbocycles. The molecule has 1 amide bonds. The number of hydrogen-bond donors (Lipinski definition) is 2. The maximum Gasteiger partial charge on any atom is 0.315 e. The molecule has 26 heavy (non-hydrogen) atoms. The Morgan fingerprint density at radius 1 is 1.00 bits per heavy atom. The van der Waals surface area contributed by atoms with Gasteiger partial charge in [0.05, 0.1) is 12.5 Å². The van der Waals surface area contributed by atoms with Gasteiger partial charge in [-0.2, -0.15) is 0 Å². The Bertz CT molecular complexity index is 749. The number of nitrogens with two attached hydrogens (primary N) is 1. The van der Waals surface area contributed by atoms with Crippen molar-refractivity contribution >= 4 is 17.8 Å². The Hall–Kier alpha value is -3.19. The van der Waals surface area contributed by atoms with Gasteiger partial charge in [0.25, 0.3) is 0 Å². The minimum absolute atomic E-state index is 0.0504. The number of hydrazine groups is 1. The molecule has 1 unspecified atom stereocenters. The van der Waals surface area contributed by atoms with Crippen LogP contribution >= 0.6 is 0 Å². The minimum Gasteiger partial charge on any atom is -0.481 e. The third-order valence-electron chi connectivity index (χ3n) is 3.71. The predicted octanol–water partition coefficient (Wildman–Crippen LogP) is 2.04. The fourth-order valence-corrected chi connectivity index (χ4v) is 2.40. The zero-order chi connectivity index (χ0) is 18.9. The molecule has 0 aliphatic rings. The van der Waals surface area contributed by atoms with Crippen LogP contribution in [0.3, 0.4) is 0 Å². The molecule has 0 saturated carbocycles. The first-order valence-electron chi connectivity index (χ1n) is 8.00. The third kappa shape index (κ3) is 5.71. The molecule has 2 rings (SSSR count). The molecule has 7 nitrogen and oxygen atoms in total. The zero-order valence-electron chi connectivity index (χ0n) is 14.1. The highest BCUT2D eigenvalue weighted by Crippen LogP contribution is 2.22. The van der Waals surface area contributed by atoms with Gasteiger partial charge in [0.1, 0.15) is 13.0 Å². The lowest BCUT2D eigenvalue weighted by molar-refractivity contribution is -0.151. The second-order valence-electron chi connectivity index (χ2n) is 5.65. The smallest absolute Gasteiger partial charge is 0.315 e.